The maximum atomic E-state index is 12.7. The van der Waals surface area contributed by atoms with Gasteiger partial charge in [-0.25, -0.2) is 4.79 Å². The number of rotatable bonds is 2. The molecule has 2 N–H and O–H groups in total. The number of aliphatic hydroxyl groups is 1. The Labute approximate surface area is 107 Å². The van der Waals surface area contributed by atoms with Gasteiger partial charge < -0.3 is 15.1 Å². The van der Waals surface area contributed by atoms with Gasteiger partial charge in [-0.15, -0.1) is 0 Å². The van der Waals surface area contributed by atoms with Crippen LogP contribution in [0.5, 0.6) is 0 Å². The minimum Gasteiger partial charge on any atom is -0.478 e. The fourth-order valence-corrected chi connectivity index (χ4v) is 2.16. The molecule has 1 atom stereocenters. The molecule has 1 aliphatic rings. The van der Waals surface area contributed by atoms with Gasteiger partial charge >= 0.3 is 12.1 Å². The number of halogens is 3. The van der Waals surface area contributed by atoms with Crippen molar-refractivity contribution in [2.45, 2.75) is 18.2 Å². The van der Waals surface area contributed by atoms with E-state index in [-0.39, 0.29) is 17.8 Å². The van der Waals surface area contributed by atoms with E-state index < -0.39 is 30.7 Å². The molecule has 0 saturated carbocycles. The van der Waals surface area contributed by atoms with Crippen LogP contribution in [0.15, 0.2) is 24.3 Å². The lowest BCUT2D eigenvalue weighted by molar-refractivity contribution is -0.250. The summed E-state index contributed by atoms with van der Waals surface area (Å²) >= 11 is 0. The average molecular weight is 275 g/mol. The van der Waals surface area contributed by atoms with Crippen molar-refractivity contribution in [1.29, 1.82) is 0 Å². The fourth-order valence-electron chi connectivity index (χ4n) is 2.16. The number of carboxylic acids is 1. The van der Waals surface area contributed by atoms with Crippen molar-refractivity contribution in [3.05, 3.63) is 29.8 Å². The molecule has 0 aromatic heterocycles. The summed E-state index contributed by atoms with van der Waals surface area (Å²) in [5, 5.41) is 18.6. The van der Waals surface area contributed by atoms with Gasteiger partial charge in [-0.05, 0) is 12.1 Å². The highest BCUT2D eigenvalue weighted by Crippen LogP contribution is 2.39. The van der Waals surface area contributed by atoms with Crippen molar-refractivity contribution >= 4 is 11.7 Å². The van der Waals surface area contributed by atoms with Crippen molar-refractivity contribution in [1.82, 2.24) is 0 Å². The Balaban J connectivity index is 2.30. The number of hydrogen-bond donors (Lipinski definition) is 2. The Kier molecular flexibility index (Phi) is 3.17. The van der Waals surface area contributed by atoms with Crippen LogP contribution in [0.3, 0.4) is 0 Å². The molecular formula is C12H12F3NO3. The molecule has 7 heteroatoms. The van der Waals surface area contributed by atoms with Gasteiger partial charge in [-0.3, -0.25) is 0 Å². The molecule has 1 aromatic rings. The first-order chi connectivity index (χ1) is 8.74. The van der Waals surface area contributed by atoms with Gasteiger partial charge in [0.25, 0.3) is 0 Å². The van der Waals surface area contributed by atoms with Crippen molar-refractivity contribution < 1.29 is 28.2 Å². The van der Waals surface area contributed by atoms with Crippen LogP contribution in [-0.2, 0) is 0 Å². The molecule has 2 rings (SSSR count). The van der Waals surface area contributed by atoms with Gasteiger partial charge in [0, 0.05) is 13.0 Å². The molecule has 0 radical (unpaired) electrons. The molecule has 0 spiro atoms. The summed E-state index contributed by atoms with van der Waals surface area (Å²) < 4.78 is 38.1. The lowest BCUT2D eigenvalue weighted by Gasteiger charge is -2.27. The molecule has 1 unspecified atom stereocenters. The van der Waals surface area contributed by atoms with E-state index in [1.165, 1.54) is 23.1 Å². The highest BCUT2D eigenvalue weighted by atomic mass is 19.4. The Hall–Kier alpha value is -1.76. The lowest BCUT2D eigenvalue weighted by atomic mass is 10.0. The third-order valence-corrected chi connectivity index (χ3v) is 3.25. The van der Waals surface area contributed by atoms with Crippen LogP contribution < -0.4 is 4.90 Å². The fraction of sp³-hybridized carbons (Fsp3) is 0.417. The molecule has 104 valence electrons. The number of para-hydroxylation sites is 1. The zero-order valence-corrected chi connectivity index (χ0v) is 9.81. The van der Waals surface area contributed by atoms with Gasteiger partial charge in [0.2, 0.25) is 0 Å². The van der Waals surface area contributed by atoms with Gasteiger partial charge in [0.05, 0.1) is 17.8 Å². The van der Waals surface area contributed by atoms with Crippen molar-refractivity contribution in [2.75, 3.05) is 18.0 Å². The van der Waals surface area contributed by atoms with E-state index in [4.69, 9.17) is 5.11 Å². The van der Waals surface area contributed by atoms with Gasteiger partial charge in [-0.1, -0.05) is 12.1 Å². The average Bonchev–Trinajstić information content (AvgIpc) is 2.72. The Morgan fingerprint density at radius 1 is 1.32 bits per heavy atom. The van der Waals surface area contributed by atoms with Crippen LogP contribution in [0.1, 0.15) is 16.8 Å². The molecule has 0 aliphatic carbocycles. The van der Waals surface area contributed by atoms with Crippen LogP contribution in [-0.4, -0.2) is 41.0 Å². The number of benzene rings is 1. The van der Waals surface area contributed by atoms with Crippen molar-refractivity contribution in [2.24, 2.45) is 0 Å². The summed E-state index contributed by atoms with van der Waals surface area (Å²) in [6.07, 6.45) is -5.19. The van der Waals surface area contributed by atoms with Crippen LogP contribution in [0, 0.1) is 0 Å². The number of hydrogen-bond acceptors (Lipinski definition) is 3. The van der Waals surface area contributed by atoms with Gasteiger partial charge in [0.15, 0.2) is 5.60 Å². The maximum absolute atomic E-state index is 12.7. The molecule has 1 aliphatic heterocycles. The Morgan fingerprint density at radius 3 is 2.47 bits per heavy atom. The molecule has 19 heavy (non-hydrogen) atoms. The number of nitrogens with zero attached hydrogens (tertiary/aromatic N) is 1. The first-order valence-electron chi connectivity index (χ1n) is 5.61. The van der Waals surface area contributed by atoms with E-state index in [0.717, 1.165) is 0 Å². The predicted octanol–water partition coefficient (Wildman–Crippen LogP) is 1.89. The van der Waals surface area contributed by atoms with E-state index in [1.54, 1.807) is 6.07 Å². The van der Waals surface area contributed by atoms with E-state index in [0.29, 0.717) is 0 Å². The van der Waals surface area contributed by atoms with Crippen LogP contribution in [0.4, 0.5) is 18.9 Å². The highest BCUT2D eigenvalue weighted by molar-refractivity contribution is 5.94. The molecule has 0 amide bonds. The third kappa shape index (κ3) is 2.37. The summed E-state index contributed by atoms with van der Waals surface area (Å²) in [5.41, 5.74) is -2.66. The molecular weight excluding hydrogens is 263 g/mol. The number of carbonyl (C=O) groups is 1. The zero-order valence-electron chi connectivity index (χ0n) is 9.81. The standard InChI is InChI=1S/C12H12F3NO3/c13-12(14,15)11(19)5-6-16(7-11)9-4-2-1-3-8(9)10(17)18/h1-4,19H,5-7H2,(H,17,18). The van der Waals surface area contributed by atoms with E-state index in [2.05, 4.69) is 0 Å². The summed E-state index contributed by atoms with van der Waals surface area (Å²) in [7, 11) is 0. The van der Waals surface area contributed by atoms with E-state index in [1.807, 2.05) is 0 Å². The minimum atomic E-state index is -4.72. The van der Waals surface area contributed by atoms with Crippen LogP contribution >= 0.6 is 0 Å². The lowest BCUT2D eigenvalue weighted by Crippen LogP contribution is -2.47. The number of anilines is 1. The normalized spacial score (nSPS) is 23.7. The molecule has 0 bridgehead atoms. The second-order valence-corrected chi connectivity index (χ2v) is 4.52. The number of β-amino-alcohol motifs (C(OH)–C–C–N with tert-alkyl or cyclic N) is 1. The quantitative estimate of drug-likeness (QED) is 0.865. The van der Waals surface area contributed by atoms with Gasteiger partial charge in [-0.2, -0.15) is 13.2 Å². The zero-order chi connectivity index (χ0) is 14.3. The Morgan fingerprint density at radius 2 is 1.95 bits per heavy atom. The molecule has 1 heterocycles. The molecule has 4 nitrogen and oxygen atoms in total. The summed E-state index contributed by atoms with van der Waals surface area (Å²) in [6, 6.07) is 5.81. The summed E-state index contributed by atoms with van der Waals surface area (Å²) in [6.45, 7) is -0.693. The summed E-state index contributed by atoms with van der Waals surface area (Å²) in [4.78, 5) is 12.3. The van der Waals surface area contributed by atoms with Crippen LogP contribution in [0.25, 0.3) is 0 Å². The van der Waals surface area contributed by atoms with Crippen LogP contribution in [0.2, 0.25) is 0 Å². The number of alkyl halides is 3. The monoisotopic (exact) mass is 275 g/mol. The second kappa shape index (κ2) is 4.41. The van der Waals surface area contributed by atoms with E-state index in [9.17, 15) is 23.1 Å². The van der Waals surface area contributed by atoms with Crippen molar-refractivity contribution in [3.8, 4) is 0 Å². The minimum absolute atomic E-state index is 0.0414. The Bertz CT molecular complexity index is 503. The SMILES string of the molecule is O=C(O)c1ccccc1N1CCC(O)(C(F)(F)F)C1. The number of aromatic carboxylic acids is 1. The predicted molar refractivity (Wildman–Crippen MR) is 61.2 cm³/mol. The molecule has 1 saturated heterocycles. The maximum Gasteiger partial charge on any atom is 0.418 e. The molecule has 1 aromatic carbocycles. The first-order valence-corrected chi connectivity index (χ1v) is 5.61. The second-order valence-electron chi connectivity index (χ2n) is 4.52. The highest BCUT2D eigenvalue weighted by Gasteiger charge is 2.57. The largest absolute Gasteiger partial charge is 0.478 e. The van der Waals surface area contributed by atoms with E-state index >= 15 is 0 Å². The molecule has 1 fully saturated rings. The van der Waals surface area contributed by atoms with Gasteiger partial charge in [0.1, 0.15) is 0 Å². The first kappa shape index (κ1) is 13.7. The topological polar surface area (TPSA) is 60.8 Å². The smallest absolute Gasteiger partial charge is 0.418 e. The third-order valence-electron chi connectivity index (χ3n) is 3.25. The summed E-state index contributed by atoms with van der Waals surface area (Å²) in [5.74, 6) is -1.21. The number of carboxylic acid groups (broad SMARTS) is 1. The van der Waals surface area contributed by atoms with Crippen molar-refractivity contribution in [3.63, 3.8) is 0 Å².